The summed E-state index contributed by atoms with van der Waals surface area (Å²) < 4.78 is 6.06. The zero-order chi connectivity index (χ0) is 14.2. The summed E-state index contributed by atoms with van der Waals surface area (Å²) in [5.74, 6) is 1.89. The maximum Gasteiger partial charge on any atom is 0.142 e. The Bertz CT molecular complexity index is 823. The standard InChI is InChI=1S/C19H14OS/c1-13-7-2-3-8-14(13)15-9-6-11-17-19(15)21-18-12-5-4-10-16(18)20-17/h2-12H,1H3. The Balaban J connectivity index is 1.89. The summed E-state index contributed by atoms with van der Waals surface area (Å²) in [6, 6.07) is 23.0. The first-order valence-electron chi connectivity index (χ1n) is 6.97. The number of benzene rings is 3. The molecule has 102 valence electrons. The van der Waals surface area contributed by atoms with Crippen molar-refractivity contribution in [3.63, 3.8) is 0 Å². The Morgan fingerprint density at radius 3 is 2.33 bits per heavy atom. The van der Waals surface area contributed by atoms with Crippen LogP contribution in [0.3, 0.4) is 0 Å². The van der Waals surface area contributed by atoms with E-state index in [0.717, 1.165) is 11.5 Å². The van der Waals surface area contributed by atoms with E-state index in [9.17, 15) is 0 Å². The van der Waals surface area contributed by atoms with Crippen molar-refractivity contribution in [2.75, 3.05) is 0 Å². The molecule has 21 heavy (non-hydrogen) atoms. The van der Waals surface area contributed by atoms with Crippen LogP contribution in [-0.4, -0.2) is 0 Å². The monoisotopic (exact) mass is 290 g/mol. The fourth-order valence-electron chi connectivity index (χ4n) is 2.64. The van der Waals surface area contributed by atoms with Crippen LogP contribution in [0, 0.1) is 6.92 Å². The van der Waals surface area contributed by atoms with E-state index in [-0.39, 0.29) is 0 Å². The number of hydrogen-bond acceptors (Lipinski definition) is 2. The first-order valence-corrected chi connectivity index (χ1v) is 7.78. The van der Waals surface area contributed by atoms with Gasteiger partial charge >= 0.3 is 0 Å². The topological polar surface area (TPSA) is 9.23 Å². The third-order valence-electron chi connectivity index (χ3n) is 3.70. The highest BCUT2D eigenvalue weighted by Crippen LogP contribution is 2.50. The Morgan fingerprint density at radius 1 is 0.714 bits per heavy atom. The molecule has 1 heterocycles. The molecule has 0 N–H and O–H groups in total. The average molecular weight is 290 g/mol. The van der Waals surface area contributed by atoms with E-state index >= 15 is 0 Å². The SMILES string of the molecule is Cc1ccccc1-c1cccc2c1Sc1ccccc1O2. The lowest BCUT2D eigenvalue weighted by Gasteiger charge is -2.22. The molecule has 3 aromatic carbocycles. The maximum atomic E-state index is 6.06. The van der Waals surface area contributed by atoms with E-state index in [2.05, 4.69) is 55.5 Å². The molecule has 0 fully saturated rings. The van der Waals surface area contributed by atoms with Crippen LogP contribution in [0.2, 0.25) is 0 Å². The van der Waals surface area contributed by atoms with Crippen LogP contribution in [0.25, 0.3) is 11.1 Å². The number of rotatable bonds is 1. The smallest absolute Gasteiger partial charge is 0.142 e. The molecule has 0 spiro atoms. The second-order valence-corrected chi connectivity index (χ2v) is 6.15. The van der Waals surface area contributed by atoms with E-state index in [0.29, 0.717) is 0 Å². The predicted octanol–water partition coefficient (Wildman–Crippen LogP) is 5.92. The first-order chi connectivity index (χ1) is 10.3. The normalized spacial score (nSPS) is 12.2. The summed E-state index contributed by atoms with van der Waals surface area (Å²) in [5, 5.41) is 0. The van der Waals surface area contributed by atoms with Gasteiger partial charge in [-0.2, -0.15) is 0 Å². The minimum absolute atomic E-state index is 0.942. The van der Waals surface area contributed by atoms with Crippen LogP contribution < -0.4 is 4.74 Å². The van der Waals surface area contributed by atoms with Gasteiger partial charge in [-0.05, 0) is 41.8 Å². The number of ether oxygens (including phenoxy) is 1. The molecule has 0 unspecified atom stereocenters. The van der Waals surface area contributed by atoms with E-state index in [1.165, 1.54) is 26.5 Å². The maximum absolute atomic E-state index is 6.06. The van der Waals surface area contributed by atoms with Crippen molar-refractivity contribution in [3.05, 3.63) is 72.3 Å². The highest BCUT2D eigenvalue weighted by molar-refractivity contribution is 7.99. The number of hydrogen-bond donors (Lipinski definition) is 0. The van der Waals surface area contributed by atoms with Gasteiger partial charge in [0.25, 0.3) is 0 Å². The molecule has 0 saturated heterocycles. The van der Waals surface area contributed by atoms with Gasteiger partial charge < -0.3 is 4.74 Å². The van der Waals surface area contributed by atoms with Crippen LogP contribution >= 0.6 is 11.8 Å². The van der Waals surface area contributed by atoms with Crippen molar-refractivity contribution < 1.29 is 4.74 Å². The molecule has 0 radical (unpaired) electrons. The molecule has 0 amide bonds. The van der Waals surface area contributed by atoms with Crippen molar-refractivity contribution in [1.29, 1.82) is 0 Å². The van der Waals surface area contributed by atoms with E-state index < -0.39 is 0 Å². The molecule has 1 aliphatic heterocycles. The zero-order valence-corrected chi connectivity index (χ0v) is 12.5. The van der Waals surface area contributed by atoms with Crippen molar-refractivity contribution in [3.8, 4) is 22.6 Å². The van der Waals surface area contributed by atoms with E-state index in [1.54, 1.807) is 11.8 Å². The largest absolute Gasteiger partial charge is 0.455 e. The summed E-state index contributed by atoms with van der Waals surface area (Å²) in [4.78, 5) is 2.37. The molecule has 0 atom stereocenters. The molecule has 2 heteroatoms. The van der Waals surface area contributed by atoms with Crippen LogP contribution in [0.4, 0.5) is 0 Å². The van der Waals surface area contributed by atoms with Crippen molar-refractivity contribution in [2.45, 2.75) is 16.7 Å². The summed E-state index contributed by atoms with van der Waals surface area (Å²) in [6.07, 6.45) is 0. The second kappa shape index (κ2) is 4.97. The van der Waals surface area contributed by atoms with Gasteiger partial charge in [0.1, 0.15) is 11.5 Å². The van der Waals surface area contributed by atoms with Gasteiger partial charge in [-0.15, -0.1) is 0 Å². The van der Waals surface area contributed by atoms with Gasteiger partial charge in [0, 0.05) is 0 Å². The molecule has 4 rings (SSSR count). The van der Waals surface area contributed by atoms with Crippen LogP contribution in [0.15, 0.2) is 76.5 Å². The Morgan fingerprint density at radius 2 is 1.43 bits per heavy atom. The summed E-state index contributed by atoms with van der Waals surface area (Å²) >= 11 is 1.79. The molecule has 0 saturated carbocycles. The van der Waals surface area contributed by atoms with Crippen molar-refractivity contribution in [1.82, 2.24) is 0 Å². The second-order valence-electron chi connectivity index (χ2n) is 5.10. The fraction of sp³-hybridized carbons (Fsp3) is 0.0526. The molecular weight excluding hydrogens is 276 g/mol. The average Bonchev–Trinajstić information content (AvgIpc) is 2.53. The Hall–Kier alpha value is -2.19. The molecule has 0 bridgehead atoms. The molecular formula is C19H14OS. The molecule has 0 aromatic heterocycles. The van der Waals surface area contributed by atoms with Gasteiger partial charge in [-0.1, -0.05) is 60.3 Å². The van der Waals surface area contributed by atoms with Gasteiger partial charge in [-0.25, -0.2) is 0 Å². The number of fused-ring (bicyclic) bond motifs is 2. The summed E-state index contributed by atoms with van der Waals surface area (Å²) in [6.45, 7) is 2.15. The van der Waals surface area contributed by atoms with Gasteiger partial charge in [0.05, 0.1) is 9.79 Å². The van der Waals surface area contributed by atoms with Gasteiger partial charge in [-0.3, -0.25) is 0 Å². The third-order valence-corrected chi connectivity index (χ3v) is 4.88. The lowest BCUT2D eigenvalue weighted by molar-refractivity contribution is 0.455. The van der Waals surface area contributed by atoms with Crippen LogP contribution in [0.1, 0.15) is 5.56 Å². The number of para-hydroxylation sites is 1. The Kier molecular flexibility index (Phi) is 2.97. The van der Waals surface area contributed by atoms with Crippen LogP contribution in [0.5, 0.6) is 11.5 Å². The molecule has 1 nitrogen and oxygen atoms in total. The Labute approximate surface area is 128 Å². The van der Waals surface area contributed by atoms with Gasteiger partial charge in [0.15, 0.2) is 0 Å². The quantitative estimate of drug-likeness (QED) is 0.430. The highest BCUT2D eigenvalue weighted by Gasteiger charge is 2.21. The van der Waals surface area contributed by atoms with Crippen molar-refractivity contribution >= 4 is 11.8 Å². The van der Waals surface area contributed by atoms with Gasteiger partial charge in [0.2, 0.25) is 0 Å². The molecule has 1 aliphatic rings. The number of aryl methyl sites for hydroxylation is 1. The zero-order valence-electron chi connectivity index (χ0n) is 11.7. The first kappa shape index (κ1) is 12.5. The lowest BCUT2D eigenvalue weighted by atomic mass is 10.0. The minimum Gasteiger partial charge on any atom is -0.455 e. The lowest BCUT2D eigenvalue weighted by Crippen LogP contribution is -1.97. The predicted molar refractivity (Wildman–Crippen MR) is 87.3 cm³/mol. The molecule has 0 aliphatic carbocycles. The minimum atomic E-state index is 0.942. The molecule has 3 aromatic rings. The highest BCUT2D eigenvalue weighted by atomic mass is 32.2. The third kappa shape index (κ3) is 2.12. The fourth-order valence-corrected chi connectivity index (χ4v) is 3.71. The summed E-state index contributed by atoms with van der Waals surface area (Å²) in [7, 11) is 0. The van der Waals surface area contributed by atoms with E-state index in [1.807, 2.05) is 18.2 Å². The van der Waals surface area contributed by atoms with E-state index in [4.69, 9.17) is 4.74 Å². The summed E-state index contributed by atoms with van der Waals surface area (Å²) in [5.41, 5.74) is 3.79. The van der Waals surface area contributed by atoms with Crippen LogP contribution in [-0.2, 0) is 0 Å². The van der Waals surface area contributed by atoms with Crippen molar-refractivity contribution in [2.24, 2.45) is 0 Å².